The molecule has 1 heterocycles. The lowest BCUT2D eigenvalue weighted by Crippen LogP contribution is -2.13. The lowest BCUT2D eigenvalue weighted by atomic mass is 10.0. The van der Waals surface area contributed by atoms with E-state index in [1.54, 1.807) is 0 Å². The van der Waals surface area contributed by atoms with E-state index in [-0.39, 0.29) is 0 Å². The molecule has 1 aliphatic rings. The average Bonchev–Trinajstić information content (AvgIpc) is 3.00. The van der Waals surface area contributed by atoms with Gasteiger partial charge >= 0.3 is 0 Å². The van der Waals surface area contributed by atoms with Gasteiger partial charge in [0.15, 0.2) is 0 Å². The van der Waals surface area contributed by atoms with Crippen LogP contribution in [-0.4, -0.2) is 11.0 Å². The van der Waals surface area contributed by atoms with Gasteiger partial charge < -0.3 is 5.32 Å². The Morgan fingerprint density at radius 3 is 2.44 bits per heavy atom. The van der Waals surface area contributed by atoms with E-state index in [9.17, 15) is 0 Å². The standard InChI is InChI=1S/C14H22N2/c1-9(2)13-7-12(11-5-6-11)8-15-14(13)16-10(3)4/h7-11H,5-6H2,1-4H3,(H,15,16). The van der Waals surface area contributed by atoms with Gasteiger partial charge in [-0.3, -0.25) is 0 Å². The summed E-state index contributed by atoms with van der Waals surface area (Å²) in [5, 5.41) is 3.43. The highest BCUT2D eigenvalue weighted by molar-refractivity contribution is 5.48. The van der Waals surface area contributed by atoms with Crippen LogP contribution in [0.5, 0.6) is 0 Å². The molecule has 1 fully saturated rings. The Morgan fingerprint density at radius 2 is 1.94 bits per heavy atom. The van der Waals surface area contributed by atoms with Gasteiger partial charge in [-0.1, -0.05) is 19.9 Å². The molecule has 0 unspecified atom stereocenters. The fourth-order valence-electron chi connectivity index (χ4n) is 1.97. The van der Waals surface area contributed by atoms with E-state index in [0.29, 0.717) is 12.0 Å². The average molecular weight is 218 g/mol. The summed E-state index contributed by atoms with van der Waals surface area (Å²) in [5.74, 6) is 2.39. The number of hydrogen-bond donors (Lipinski definition) is 1. The molecule has 0 atom stereocenters. The predicted octanol–water partition coefficient (Wildman–Crippen LogP) is 3.90. The zero-order valence-corrected chi connectivity index (χ0v) is 10.7. The molecule has 0 spiro atoms. The quantitative estimate of drug-likeness (QED) is 0.829. The summed E-state index contributed by atoms with van der Waals surface area (Å²) < 4.78 is 0. The summed E-state index contributed by atoms with van der Waals surface area (Å²) in [6, 6.07) is 2.79. The molecule has 2 heteroatoms. The van der Waals surface area contributed by atoms with Gasteiger partial charge in [0.2, 0.25) is 0 Å². The summed E-state index contributed by atoms with van der Waals surface area (Å²) in [6.45, 7) is 8.78. The summed E-state index contributed by atoms with van der Waals surface area (Å²) in [5.41, 5.74) is 2.79. The second kappa shape index (κ2) is 4.44. The van der Waals surface area contributed by atoms with Crippen molar-refractivity contribution in [1.29, 1.82) is 0 Å². The zero-order valence-electron chi connectivity index (χ0n) is 10.7. The molecule has 1 aromatic heterocycles. The van der Waals surface area contributed by atoms with E-state index >= 15 is 0 Å². The third-order valence-electron chi connectivity index (χ3n) is 3.03. The zero-order chi connectivity index (χ0) is 11.7. The maximum Gasteiger partial charge on any atom is 0.129 e. The van der Waals surface area contributed by atoms with E-state index in [1.165, 1.54) is 24.0 Å². The van der Waals surface area contributed by atoms with Crippen molar-refractivity contribution in [2.75, 3.05) is 5.32 Å². The molecule has 1 saturated carbocycles. The third-order valence-corrected chi connectivity index (χ3v) is 3.03. The topological polar surface area (TPSA) is 24.9 Å². The highest BCUT2D eigenvalue weighted by Crippen LogP contribution is 2.41. The largest absolute Gasteiger partial charge is 0.368 e. The lowest BCUT2D eigenvalue weighted by molar-refractivity contribution is 0.828. The molecule has 0 saturated heterocycles. The molecule has 0 bridgehead atoms. The first kappa shape index (κ1) is 11.4. The second-order valence-electron chi connectivity index (χ2n) is 5.43. The monoisotopic (exact) mass is 218 g/mol. The Balaban J connectivity index is 2.28. The Kier molecular flexibility index (Phi) is 3.17. The van der Waals surface area contributed by atoms with Gasteiger partial charge in [0.25, 0.3) is 0 Å². The molecule has 16 heavy (non-hydrogen) atoms. The number of nitrogens with one attached hydrogen (secondary N) is 1. The predicted molar refractivity (Wildman–Crippen MR) is 69.1 cm³/mol. The number of nitrogens with zero attached hydrogens (tertiary/aromatic N) is 1. The van der Waals surface area contributed by atoms with Gasteiger partial charge in [-0.25, -0.2) is 4.98 Å². The number of aromatic nitrogens is 1. The molecule has 0 radical (unpaired) electrons. The molecule has 0 aliphatic heterocycles. The Labute approximate surface area is 98.5 Å². The van der Waals surface area contributed by atoms with Gasteiger partial charge in [0.05, 0.1) is 0 Å². The van der Waals surface area contributed by atoms with Crippen molar-refractivity contribution in [3.63, 3.8) is 0 Å². The van der Waals surface area contributed by atoms with Crippen LogP contribution in [-0.2, 0) is 0 Å². The SMILES string of the molecule is CC(C)Nc1ncc(C2CC2)cc1C(C)C. The van der Waals surface area contributed by atoms with E-state index in [0.717, 1.165) is 11.7 Å². The molecule has 0 amide bonds. The van der Waals surface area contributed by atoms with E-state index < -0.39 is 0 Å². The number of hydrogen-bond acceptors (Lipinski definition) is 2. The molecule has 2 rings (SSSR count). The molecule has 1 aromatic rings. The van der Waals surface area contributed by atoms with E-state index in [2.05, 4.69) is 44.1 Å². The van der Waals surface area contributed by atoms with Crippen molar-refractivity contribution >= 4 is 5.82 Å². The first-order valence-corrected chi connectivity index (χ1v) is 6.34. The third kappa shape index (κ3) is 2.55. The summed E-state index contributed by atoms with van der Waals surface area (Å²) in [4.78, 5) is 4.59. The Bertz CT molecular complexity index is 365. The molecular weight excluding hydrogens is 196 g/mol. The van der Waals surface area contributed by atoms with Crippen LogP contribution in [0.15, 0.2) is 12.3 Å². The maximum absolute atomic E-state index is 4.59. The van der Waals surface area contributed by atoms with Crippen LogP contribution >= 0.6 is 0 Å². The van der Waals surface area contributed by atoms with Crippen molar-refractivity contribution in [3.05, 3.63) is 23.4 Å². The smallest absolute Gasteiger partial charge is 0.129 e. The van der Waals surface area contributed by atoms with Crippen LogP contribution in [0.25, 0.3) is 0 Å². The lowest BCUT2D eigenvalue weighted by Gasteiger charge is -2.17. The van der Waals surface area contributed by atoms with Crippen molar-refractivity contribution in [2.24, 2.45) is 0 Å². The van der Waals surface area contributed by atoms with Gasteiger partial charge in [-0.05, 0) is 49.7 Å². The molecule has 2 nitrogen and oxygen atoms in total. The molecular formula is C14H22N2. The number of rotatable bonds is 4. The van der Waals surface area contributed by atoms with Crippen molar-refractivity contribution < 1.29 is 0 Å². The fraction of sp³-hybridized carbons (Fsp3) is 0.643. The first-order chi connectivity index (χ1) is 7.58. The minimum atomic E-state index is 0.441. The van der Waals surface area contributed by atoms with Gasteiger partial charge in [-0.15, -0.1) is 0 Å². The minimum absolute atomic E-state index is 0.441. The molecule has 1 N–H and O–H groups in total. The Morgan fingerprint density at radius 1 is 1.25 bits per heavy atom. The van der Waals surface area contributed by atoms with Gasteiger partial charge in [0.1, 0.15) is 5.82 Å². The van der Waals surface area contributed by atoms with E-state index in [4.69, 9.17) is 0 Å². The number of anilines is 1. The molecule has 1 aliphatic carbocycles. The van der Waals surface area contributed by atoms with Crippen molar-refractivity contribution in [1.82, 2.24) is 4.98 Å². The highest BCUT2D eigenvalue weighted by atomic mass is 15.0. The van der Waals surface area contributed by atoms with Gasteiger partial charge in [-0.2, -0.15) is 0 Å². The fourth-order valence-corrected chi connectivity index (χ4v) is 1.97. The normalized spacial score (nSPS) is 15.9. The van der Waals surface area contributed by atoms with E-state index in [1.807, 2.05) is 6.20 Å². The van der Waals surface area contributed by atoms with Crippen LogP contribution in [0.2, 0.25) is 0 Å². The van der Waals surface area contributed by atoms with Gasteiger partial charge in [0, 0.05) is 12.2 Å². The Hall–Kier alpha value is -1.05. The van der Waals surface area contributed by atoms with Crippen LogP contribution in [0.4, 0.5) is 5.82 Å². The highest BCUT2D eigenvalue weighted by Gasteiger charge is 2.25. The maximum atomic E-state index is 4.59. The first-order valence-electron chi connectivity index (χ1n) is 6.34. The minimum Gasteiger partial charge on any atom is -0.368 e. The molecule has 0 aromatic carbocycles. The number of pyridine rings is 1. The van der Waals surface area contributed by atoms with Crippen LogP contribution in [0.1, 0.15) is 63.5 Å². The summed E-state index contributed by atoms with van der Waals surface area (Å²) in [6.07, 6.45) is 4.74. The van der Waals surface area contributed by atoms with Crippen LogP contribution in [0, 0.1) is 0 Å². The summed E-state index contributed by atoms with van der Waals surface area (Å²) in [7, 11) is 0. The van der Waals surface area contributed by atoms with Crippen molar-refractivity contribution in [2.45, 2.75) is 58.4 Å². The second-order valence-corrected chi connectivity index (χ2v) is 5.43. The molecule has 88 valence electrons. The van der Waals surface area contributed by atoms with Crippen LogP contribution in [0.3, 0.4) is 0 Å². The van der Waals surface area contributed by atoms with Crippen LogP contribution < -0.4 is 5.32 Å². The summed E-state index contributed by atoms with van der Waals surface area (Å²) >= 11 is 0. The van der Waals surface area contributed by atoms with Crippen molar-refractivity contribution in [3.8, 4) is 0 Å².